The van der Waals surface area contributed by atoms with Crippen molar-refractivity contribution < 1.29 is 0 Å². The van der Waals surface area contributed by atoms with Gasteiger partial charge in [0.1, 0.15) is 5.82 Å². The van der Waals surface area contributed by atoms with E-state index in [2.05, 4.69) is 108 Å². The number of aromatic nitrogens is 3. The summed E-state index contributed by atoms with van der Waals surface area (Å²) in [5.74, 6) is 1.52. The Morgan fingerprint density at radius 3 is 2.00 bits per heavy atom. The molecule has 0 saturated carbocycles. The second-order valence-corrected chi connectivity index (χ2v) is 10.4. The average molecular weight is 532 g/mol. The summed E-state index contributed by atoms with van der Waals surface area (Å²) >= 11 is 6.85. The van der Waals surface area contributed by atoms with Gasteiger partial charge in [0, 0.05) is 21.7 Å². The molecule has 0 amide bonds. The van der Waals surface area contributed by atoms with Crippen LogP contribution in [0.25, 0.3) is 71.8 Å². The van der Waals surface area contributed by atoms with Gasteiger partial charge in [0.15, 0.2) is 5.82 Å². The van der Waals surface area contributed by atoms with Crippen molar-refractivity contribution in [1.29, 1.82) is 0 Å². The van der Waals surface area contributed by atoms with Crippen LogP contribution in [0.3, 0.4) is 0 Å². The van der Waals surface area contributed by atoms with Gasteiger partial charge in [-0.1, -0.05) is 109 Å². The van der Waals surface area contributed by atoms with E-state index in [1.54, 1.807) is 0 Å². The Labute approximate surface area is 235 Å². The summed E-state index contributed by atoms with van der Waals surface area (Å²) in [5.41, 5.74) is 6.30. The van der Waals surface area contributed by atoms with E-state index in [-0.39, 0.29) is 0 Å². The first kappa shape index (κ1) is 22.9. The average Bonchev–Trinajstić information content (AvgIpc) is 3.34. The number of rotatable bonds is 3. The summed E-state index contributed by atoms with van der Waals surface area (Å²) in [5, 5.41) is 6.20. The number of para-hydroxylation sites is 1. The Balaban J connectivity index is 1.42. The largest absolute Gasteiger partial charge is 0.293 e. The highest BCUT2D eigenvalue weighted by molar-refractivity contribution is 6.38. The molecule has 8 aromatic rings. The molecule has 2 heterocycles. The van der Waals surface area contributed by atoms with E-state index in [9.17, 15) is 0 Å². The molecule has 0 radical (unpaired) electrons. The SMILES string of the molecule is Clc1cccc2c1c1cc3ccccc3cc1n2-c1nc(-c2ccc(-c3ccccc3)cc2)nc2ccccc12. The summed E-state index contributed by atoms with van der Waals surface area (Å²) < 4.78 is 2.24. The van der Waals surface area contributed by atoms with E-state index in [0.29, 0.717) is 5.82 Å². The van der Waals surface area contributed by atoms with Crippen LogP contribution in [-0.2, 0) is 0 Å². The topological polar surface area (TPSA) is 30.7 Å². The highest BCUT2D eigenvalue weighted by Gasteiger charge is 2.19. The maximum atomic E-state index is 6.85. The molecule has 0 unspecified atom stereocenters. The first-order valence-corrected chi connectivity index (χ1v) is 13.7. The van der Waals surface area contributed by atoms with Crippen LogP contribution in [0.15, 0.2) is 133 Å². The lowest BCUT2D eigenvalue weighted by Crippen LogP contribution is -2.02. The number of fused-ring (bicyclic) bond motifs is 5. The smallest absolute Gasteiger partial charge is 0.162 e. The molecule has 3 nitrogen and oxygen atoms in total. The van der Waals surface area contributed by atoms with Gasteiger partial charge >= 0.3 is 0 Å². The molecular weight excluding hydrogens is 510 g/mol. The molecule has 0 saturated heterocycles. The maximum absolute atomic E-state index is 6.85. The zero-order chi connectivity index (χ0) is 26.6. The lowest BCUT2D eigenvalue weighted by Gasteiger charge is -2.13. The monoisotopic (exact) mass is 531 g/mol. The molecule has 0 bridgehead atoms. The normalized spacial score (nSPS) is 11.6. The molecule has 8 rings (SSSR count). The first-order valence-electron chi connectivity index (χ1n) is 13.3. The van der Waals surface area contributed by atoms with Crippen LogP contribution < -0.4 is 0 Å². The Kier molecular flexibility index (Phi) is 5.19. The van der Waals surface area contributed by atoms with Gasteiger partial charge in [-0.3, -0.25) is 4.57 Å². The predicted molar refractivity (Wildman–Crippen MR) is 167 cm³/mol. The first-order chi connectivity index (χ1) is 19.7. The molecule has 0 aliphatic carbocycles. The molecular formula is C36H22ClN3. The van der Waals surface area contributed by atoms with Crippen LogP contribution in [0.2, 0.25) is 5.02 Å². The lowest BCUT2D eigenvalue weighted by atomic mass is 10.0. The molecule has 0 aliphatic rings. The molecule has 4 heteroatoms. The number of halogens is 1. The third-order valence-electron chi connectivity index (χ3n) is 7.65. The van der Waals surface area contributed by atoms with Crippen LogP contribution in [0.5, 0.6) is 0 Å². The van der Waals surface area contributed by atoms with Gasteiger partial charge in [0.25, 0.3) is 0 Å². The fourth-order valence-electron chi connectivity index (χ4n) is 5.74. The number of benzene rings is 6. The third kappa shape index (κ3) is 3.59. The Morgan fingerprint density at radius 2 is 1.18 bits per heavy atom. The zero-order valence-corrected chi connectivity index (χ0v) is 22.2. The molecule has 2 aromatic heterocycles. The van der Waals surface area contributed by atoms with Crippen molar-refractivity contribution in [2.24, 2.45) is 0 Å². The van der Waals surface area contributed by atoms with Gasteiger partial charge in [0.2, 0.25) is 0 Å². The maximum Gasteiger partial charge on any atom is 0.162 e. The van der Waals surface area contributed by atoms with Crippen molar-refractivity contribution in [3.05, 3.63) is 138 Å². The molecule has 0 fully saturated rings. The summed E-state index contributed by atoms with van der Waals surface area (Å²) in [6.45, 7) is 0. The van der Waals surface area contributed by atoms with Crippen molar-refractivity contribution >= 4 is 55.1 Å². The Bertz CT molecular complexity index is 2210. The molecule has 6 aromatic carbocycles. The molecule has 0 atom stereocenters. The summed E-state index contributed by atoms with van der Waals surface area (Å²) in [6.07, 6.45) is 0. The molecule has 40 heavy (non-hydrogen) atoms. The van der Waals surface area contributed by atoms with E-state index in [0.717, 1.165) is 54.7 Å². The van der Waals surface area contributed by atoms with E-state index in [1.807, 2.05) is 30.3 Å². The highest BCUT2D eigenvalue weighted by atomic mass is 35.5. The Morgan fingerprint density at radius 1 is 0.500 bits per heavy atom. The summed E-state index contributed by atoms with van der Waals surface area (Å²) in [4.78, 5) is 10.2. The van der Waals surface area contributed by atoms with E-state index < -0.39 is 0 Å². The quantitative estimate of drug-likeness (QED) is 0.227. The summed E-state index contributed by atoms with van der Waals surface area (Å²) in [7, 11) is 0. The van der Waals surface area contributed by atoms with Crippen LogP contribution in [0.1, 0.15) is 0 Å². The number of hydrogen-bond donors (Lipinski definition) is 0. The van der Waals surface area contributed by atoms with Crippen LogP contribution in [0, 0.1) is 0 Å². The lowest BCUT2D eigenvalue weighted by molar-refractivity contribution is 1.08. The standard InChI is InChI=1S/C36H22ClN3/c37-30-14-8-16-32-34(30)29-21-26-11-4-5-12-27(26)22-33(29)40(32)36-28-13-6-7-15-31(28)38-35(39-36)25-19-17-24(18-20-25)23-9-2-1-3-10-23/h1-22H. The minimum atomic E-state index is 0.686. The second kappa shape index (κ2) is 9.04. The van der Waals surface area contributed by atoms with E-state index in [1.165, 1.54) is 16.3 Å². The zero-order valence-electron chi connectivity index (χ0n) is 21.4. The van der Waals surface area contributed by atoms with Gasteiger partial charge in [-0.15, -0.1) is 0 Å². The molecule has 0 aliphatic heterocycles. The van der Waals surface area contributed by atoms with Crippen LogP contribution in [-0.4, -0.2) is 14.5 Å². The van der Waals surface area contributed by atoms with Gasteiger partial charge < -0.3 is 0 Å². The van der Waals surface area contributed by atoms with Crippen molar-refractivity contribution in [1.82, 2.24) is 14.5 Å². The Hall–Kier alpha value is -4.99. The minimum absolute atomic E-state index is 0.686. The molecule has 0 N–H and O–H groups in total. The van der Waals surface area contributed by atoms with E-state index in [4.69, 9.17) is 21.6 Å². The summed E-state index contributed by atoms with van der Waals surface area (Å²) in [6, 6.07) is 46.1. The molecule has 188 valence electrons. The molecule has 0 spiro atoms. The van der Waals surface area contributed by atoms with Crippen molar-refractivity contribution in [3.8, 4) is 28.3 Å². The third-order valence-corrected chi connectivity index (χ3v) is 7.97. The van der Waals surface area contributed by atoms with Crippen molar-refractivity contribution in [2.75, 3.05) is 0 Å². The van der Waals surface area contributed by atoms with Crippen molar-refractivity contribution in [2.45, 2.75) is 0 Å². The van der Waals surface area contributed by atoms with Crippen LogP contribution >= 0.6 is 11.6 Å². The van der Waals surface area contributed by atoms with Gasteiger partial charge in [-0.25, -0.2) is 9.97 Å². The predicted octanol–water partition coefficient (Wildman–Crippen LogP) is 9.87. The minimum Gasteiger partial charge on any atom is -0.293 e. The van der Waals surface area contributed by atoms with Gasteiger partial charge in [-0.05, 0) is 58.3 Å². The number of hydrogen-bond acceptors (Lipinski definition) is 2. The van der Waals surface area contributed by atoms with Crippen molar-refractivity contribution in [3.63, 3.8) is 0 Å². The number of nitrogens with zero attached hydrogens (tertiary/aromatic N) is 3. The highest BCUT2D eigenvalue weighted by Crippen LogP contribution is 2.39. The van der Waals surface area contributed by atoms with E-state index >= 15 is 0 Å². The fraction of sp³-hybridized carbons (Fsp3) is 0. The fourth-order valence-corrected chi connectivity index (χ4v) is 6.01. The van der Waals surface area contributed by atoms with Gasteiger partial charge in [-0.2, -0.15) is 0 Å². The van der Waals surface area contributed by atoms with Crippen LogP contribution in [0.4, 0.5) is 0 Å². The second-order valence-electron chi connectivity index (χ2n) is 10.0. The van der Waals surface area contributed by atoms with Gasteiger partial charge in [0.05, 0.1) is 21.6 Å².